The molecule has 0 fully saturated rings. The SMILES string of the molecule is I.O=C(Nc1ccc(SNc2ncccn2)cc1)c1cc(-c2ccccc2)nn1-c1ccccc1. The van der Waals surface area contributed by atoms with Gasteiger partial charge in [-0.3, -0.25) is 9.52 Å². The van der Waals surface area contributed by atoms with Crippen molar-refractivity contribution in [3.8, 4) is 16.9 Å². The summed E-state index contributed by atoms with van der Waals surface area (Å²) in [5, 5.41) is 7.69. The molecule has 2 N–H and O–H groups in total. The summed E-state index contributed by atoms with van der Waals surface area (Å²) in [6.45, 7) is 0. The third-order valence-corrected chi connectivity index (χ3v) is 5.74. The summed E-state index contributed by atoms with van der Waals surface area (Å²) >= 11 is 1.40. The van der Waals surface area contributed by atoms with Crippen LogP contribution in [0.1, 0.15) is 10.5 Å². The van der Waals surface area contributed by atoms with E-state index in [1.165, 1.54) is 11.9 Å². The first-order chi connectivity index (χ1) is 16.8. The number of halogens is 1. The third-order valence-electron chi connectivity index (χ3n) is 4.95. The lowest BCUT2D eigenvalue weighted by molar-refractivity contribution is 0.101. The minimum absolute atomic E-state index is 0. The molecule has 174 valence electrons. The molecule has 7 nitrogen and oxygen atoms in total. The van der Waals surface area contributed by atoms with Crippen LogP contribution in [0, 0.1) is 0 Å². The van der Waals surface area contributed by atoms with E-state index in [0.29, 0.717) is 17.3 Å². The highest BCUT2D eigenvalue weighted by Crippen LogP contribution is 2.24. The Morgan fingerprint density at radius 2 is 1.46 bits per heavy atom. The molecule has 0 saturated heterocycles. The zero-order valence-electron chi connectivity index (χ0n) is 18.4. The largest absolute Gasteiger partial charge is 0.321 e. The number of carbonyl (C=O) groups excluding carboxylic acids is 1. The molecule has 0 bridgehead atoms. The van der Waals surface area contributed by atoms with Gasteiger partial charge in [-0.15, -0.1) is 24.0 Å². The molecule has 3 aromatic carbocycles. The molecule has 1 amide bonds. The van der Waals surface area contributed by atoms with E-state index in [1.807, 2.05) is 91.0 Å². The summed E-state index contributed by atoms with van der Waals surface area (Å²) in [5.41, 5.74) is 3.63. The second kappa shape index (κ2) is 11.6. The van der Waals surface area contributed by atoms with Gasteiger partial charge in [0, 0.05) is 28.5 Å². The molecule has 0 aliphatic rings. The van der Waals surface area contributed by atoms with Crippen molar-refractivity contribution in [2.24, 2.45) is 0 Å². The molecule has 9 heteroatoms. The van der Waals surface area contributed by atoms with E-state index in [1.54, 1.807) is 23.1 Å². The maximum absolute atomic E-state index is 13.2. The number of hydrogen-bond donors (Lipinski definition) is 2. The zero-order valence-corrected chi connectivity index (χ0v) is 21.6. The van der Waals surface area contributed by atoms with E-state index in [-0.39, 0.29) is 29.9 Å². The van der Waals surface area contributed by atoms with Gasteiger partial charge < -0.3 is 5.32 Å². The molecule has 2 aromatic heterocycles. The van der Waals surface area contributed by atoms with Gasteiger partial charge in [0.25, 0.3) is 5.91 Å². The standard InChI is InChI=1S/C26H20N6OS.HI/c33-25(29-20-12-14-22(15-13-20)34-31-26-27-16-7-17-28-26)24-18-23(19-8-3-1-4-9-19)30-32(24)21-10-5-2-6-11-21;/h1-18H,(H,29,33)(H,27,28,31);1H. The third kappa shape index (κ3) is 6.06. The summed E-state index contributed by atoms with van der Waals surface area (Å²) in [4.78, 5) is 22.5. The van der Waals surface area contributed by atoms with Gasteiger partial charge in [0.2, 0.25) is 5.95 Å². The summed E-state index contributed by atoms with van der Waals surface area (Å²) in [7, 11) is 0. The van der Waals surface area contributed by atoms with E-state index in [9.17, 15) is 4.79 Å². The number of rotatable bonds is 7. The summed E-state index contributed by atoms with van der Waals surface area (Å²) < 4.78 is 4.76. The summed E-state index contributed by atoms with van der Waals surface area (Å²) in [6, 6.07) is 30.6. The van der Waals surface area contributed by atoms with E-state index in [0.717, 1.165) is 21.8 Å². The fourth-order valence-corrected chi connectivity index (χ4v) is 3.90. The molecule has 5 rings (SSSR count). The first-order valence-corrected chi connectivity index (χ1v) is 11.4. The van der Waals surface area contributed by atoms with E-state index in [2.05, 4.69) is 20.0 Å². The fourth-order valence-electron chi connectivity index (χ4n) is 3.32. The Kier molecular flexibility index (Phi) is 8.11. The van der Waals surface area contributed by atoms with Crippen molar-refractivity contribution < 1.29 is 4.79 Å². The van der Waals surface area contributed by atoms with Crippen LogP contribution in [-0.2, 0) is 0 Å². The minimum atomic E-state index is -0.241. The van der Waals surface area contributed by atoms with Gasteiger partial charge in [-0.05, 0) is 60.5 Å². The number of nitrogens with zero attached hydrogens (tertiary/aromatic N) is 4. The molecular formula is C26H21IN6OS. The quantitative estimate of drug-likeness (QED) is 0.170. The lowest BCUT2D eigenvalue weighted by atomic mass is 10.1. The Bertz CT molecular complexity index is 1380. The monoisotopic (exact) mass is 592 g/mol. The highest BCUT2D eigenvalue weighted by Gasteiger charge is 2.18. The Morgan fingerprint density at radius 1 is 0.800 bits per heavy atom. The van der Waals surface area contributed by atoms with Crippen molar-refractivity contribution in [1.29, 1.82) is 0 Å². The van der Waals surface area contributed by atoms with E-state index >= 15 is 0 Å². The number of anilines is 2. The Hall–Kier alpha value is -3.70. The van der Waals surface area contributed by atoms with Crippen molar-refractivity contribution in [3.63, 3.8) is 0 Å². The van der Waals surface area contributed by atoms with Crippen molar-refractivity contribution in [2.45, 2.75) is 4.90 Å². The van der Waals surface area contributed by atoms with Crippen molar-refractivity contribution in [3.05, 3.63) is 115 Å². The van der Waals surface area contributed by atoms with Crippen LogP contribution in [0.15, 0.2) is 114 Å². The summed E-state index contributed by atoms with van der Waals surface area (Å²) in [5.74, 6) is 0.294. The van der Waals surface area contributed by atoms with Gasteiger partial charge in [-0.1, -0.05) is 48.5 Å². The molecule has 0 aliphatic carbocycles. The number of benzene rings is 3. The molecule has 0 saturated carbocycles. The van der Waals surface area contributed by atoms with Crippen LogP contribution in [0.4, 0.5) is 11.6 Å². The van der Waals surface area contributed by atoms with Gasteiger partial charge >= 0.3 is 0 Å². The highest BCUT2D eigenvalue weighted by atomic mass is 127. The van der Waals surface area contributed by atoms with Gasteiger partial charge in [0.1, 0.15) is 5.69 Å². The second-order valence-electron chi connectivity index (χ2n) is 7.28. The van der Waals surface area contributed by atoms with Gasteiger partial charge in [-0.25, -0.2) is 14.6 Å². The predicted octanol–water partition coefficient (Wildman–Crippen LogP) is 6.32. The number of aromatic nitrogens is 4. The van der Waals surface area contributed by atoms with Crippen LogP contribution >= 0.6 is 35.9 Å². The average molecular weight is 592 g/mol. The Morgan fingerprint density at radius 3 is 2.14 bits per heavy atom. The number of nitrogens with one attached hydrogen (secondary N) is 2. The molecule has 2 heterocycles. The first kappa shape index (κ1) is 24.4. The molecule has 0 unspecified atom stereocenters. The van der Waals surface area contributed by atoms with Crippen LogP contribution < -0.4 is 10.0 Å². The summed E-state index contributed by atoms with van der Waals surface area (Å²) in [6.07, 6.45) is 3.36. The fraction of sp³-hybridized carbons (Fsp3) is 0. The number of amides is 1. The second-order valence-corrected chi connectivity index (χ2v) is 8.16. The van der Waals surface area contributed by atoms with E-state index in [4.69, 9.17) is 5.10 Å². The lowest BCUT2D eigenvalue weighted by Crippen LogP contribution is -2.16. The number of para-hydroxylation sites is 1. The van der Waals surface area contributed by atoms with Crippen LogP contribution in [0.25, 0.3) is 16.9 Å². The van der Waals surface area contributed by atoms with Crippen LogP contribution in [0.2, 0.25) is 0 Å². The van der Waals surface area contributed by atoms with Gasteiger partial charge in [0.15, 0.2) is 0 Å². The first-order valence-electron chi connectivity index (χ1n) is 10.6. The normalized spacial score (nSPS) is 10.3. The van der Waals surface area contributed by atoms with Crippen LogP contribution in [-0.4, -0.2) is 25.7 Å². The maximum atomic E-state index is 13.2. The number of hydrogen-bond acceptors (Lipinski definition) is 6. The highest BCUT2D eigenvalue weighted by molar-refractivity contribution is 14.0. The molecule has 0 spiro atoms. The lowest BCUT2D eigenvalue weighted by Gasteiger charge is -2.09. The Labute approximate surface area is 224 Å². The minimum Gasteiger partial charge on any atom is -0.321 e. The smallest absolute Gasteiger partial charge is 0.274 e. The topological polar surface area (TPSA) is 84.7 Å². The zero-order chi connectivity index (χ0) is 23.2. The number of carbonyl (C=O) groups is 1. The predicted molar refractivity (Wildman–Crippen MR) is 150 cm³/mol. The maximum Gasteiger partial charge on any atom is 0.274 e. The van der Waals surface area contributed by atoms with Crippen LogP contribution in [0.3, 0.4) is 0 Å². The molecule has 0 atom stereocenters. The van der Waals surface area contributed by atoms with Gasteiger partial charge in [0.05, 0.1) is 11.4 Å². The van der Waals surface area contributed by atoms with Gasteiger partial charge in [-0.2, -0.15) is 5.10 Å². The molecule has 0 aliphatic heterocycles. The molecule has 0 radical (unpaired) electrons. The van der Waals surface area contributed by atoms with Crippen LogP contribution in [0.5, 0.6) is 0 Å². The van der Waals surface area contributed by atoms with Crippen molar-refractivity contribution in [2.75, 3.05) is 10.0 Å². The average Bonchev–Trinajstić information content (AvgIpc) is 3.36. The molecule has 35 heavy (non-hydrogen) atoms. The van der Waals surface area contributed by atoms with Crippen molar-refractivity contribution >= 4 is 53.5 Å². The van der Waals surface area contributed by atoms with E-state index < -0.39 is 0 Å². The Balaban J connectivity index is 0.00000289. The molecular weight excluding hydrogens is 571 g/mol. The molecule has 5 aromatic rings. The van der Waals surface area contributed by atoms with Crippen molar-refractivity contribution in [1.82, 2.24) is 19.7 Å².